The van der Waals surface area contributed by atoms with Crippen molar-refractivity contribution in [3.63, 3.8) is 0 Å². The molecule has 0 saturated carbocycles. The number of benzene rings is 1. The van der Waals surface area contributed by atoms with Crippen molar-refractivity contribution in [1.29, 1.82) is 0 Å². The van der Waals surface area contributed by atoms with Crippen LogP contribution >= 0.6 is 0 Å². The van der Waals surface area contributed by atoms with E-state index in [-0.39, 0.29) is 5.82 Å². The van der Waals surface area contributed by atoms with Gasteiger partial charge in [-0.15, -0.1) is 0 Å². The summed E-state index contributed by atoms with van der Waals surface area (Å²) < 4.78 is 12.9. The largest absolute Gasteiger partial charge is 0.368 e. The van der Waals surface area contributed by atoms with Gasteiger partial charge in [0.15, 0.2) is 5.82 Å². The maximum atomic E-state index is 12.9. The van der Waals surface area contributed by atoms with Gasteiger partial charge in [0.1, 0.15) is 11.5 Å². The van der Waals surface area contributed by atoms with Gasteiger partial charge in [-0.2, -0.15) is 10.1 Å². The summed E-state index contributed by atoms with van der Waals surface area (Å²) in [5.74, 6) is 0.407. The molecule has 0 unspecified atom stereocenters. The van der Waals surface area contributed by atoms with E-state index in [9.17, 15) is 9.18 Å². The third-order valence-corrected chi connectivity index (χ3v) is 3.62. The minimum atomic E-state index is -0.434. The normalized spacial score (nSPS) is 15.3. The van der Waals surface area contributed by atoms with E-state index >= 15 is 0 Å². The fourth-order valence-electron chi connectivity index (χ4n) is 2.51. The summed E-state index contributed by atoms with van der Waals surface area (Å²) in [6.45, 7) is 4.90. The fraction of sp³-hybridized carbons (Fsp3) is 0.357. The first-order valence-electron chi connectivity index (χ1n) is 6.82. The molecule has 0 bridgehead atoms. The van der Waals surface area contributed by atoms with E-state index in [1.807, 2.05) is 6.92 Å². The number of rotatable bonds is 2. The molecule has 0 aliphatic carbocycles. The van der Waals surface area contributed by atoms with Crippen molar-refractivity contribution in [2.75, 3.05) is 36.0 Å². The lowest BCUT2D eigenvalue weighted by Gasteiger charge is -2.36. The smallest absolute Gasteiger partial charge is 0.363 e. The SMILES string of the molecule is Cc1n[nH]c(=O)nc1N1CCN(c2ccc(F)cc2)CC1. The van der Waals surface area contributed by atoms with Crippen LogP contribution in [0.1, 0.15) is 5.69 Å². The maximum absolute atomic E-state index is 12.9. The minimum Gasteiger partial charge on any atom is -0.368 e. The van der Waals surface area contributed by atoms with E-state index in [0.29, 0.717) is 11.5 Å². The van der Waals surface area contributed by atoms with E-state index < -0.39 is 5.69 Å². The zero-order valence-corrected chi connectivity index (χ0v) is 11.7. The van der Waals surface area contributed by atoms with Crippen LogP contribution in [-0.4, -0.2) is 41.4 Å². The predicted molar refractivity (Wildman–Crippen MR) is 78.2 cm³/mol. The van der Waals surface area contributed by atoms with Gasteiger partial charge < -0.3 is 9.80 Å². The molecule has 1 N–H and O–H groups in total. The first-order valence-corrected chi connectivity index (χ1v) is 6.82. The predicted octanol–water partition coefficient (Wildman–Crippen LogP) is 0.939. The highest BCUT2D eigenvalue weighted by Crippen LogP contribution is 2.20. The molecule has 6 nitrogen and oxygen atoms in total. The molecule has 1 saturated heterocycles. The highest BCUT2D eigenvalue weighted by molar-refractivity contribution is 5.50. The topological polar surface area (TPSA) is 65.1 Å². The quantitative estimate of drug-likeness (QED) is 0.891. The highest BCUT2D eigenvalue weighted by Gasteiger charge is 2.20. The molecule has 1 aliphatic rings. The lowest BCUT2D eigenvalue weighted by Crippen LogP contribution is -2.47. The molecule has 1 aromatic carbocycles. The van der Waals surface area contributed by atoms with Crippen LogP contribution in [0.4, 0.5) is 15.9 Å². The molecule has 2 heterocycles. The van der Waals surface area contributed by atoms with Crippen molar-refractivity contribution < 1.29 is 4.39 Å². The van der Waals surface area contributed by atoms with Crippen LogP contribution in [0.15, 0.2) is 29.1 Å². The van der Waals surface area contributed by atoms with Crippen LogP contribution in [0.5, 0.6) is 0 Å². The number of aryl methyl sites for hydroxylation is 1. The lowest BCUT2D eigenvalue weighted by molar-refractivity contribution is 0.623. The Bertz CT molecular complexity index is 677. The van der Waals surface area contributed by atoms with E-state index in [2.05, 4.69) is 25.0 Å². The summed E-state index contributed by atoms with van der Waals surface area (Å²) in [7, 11) is 0. The number of anilines is 2. The number of halogens is 1. The van der Waals surface area contributed by atoms with Crippen molar-refractivity contribution in [2.24, 2.45) is 0 Å². The van der Waals surface area contributed by atoms with Gasteiger partial charge in [0.2, 0.25) is 0 Å². The molecule has 21 heavy (non-hydrogen) atoms. The molecule has 0 atom stereocenters. The van der Waals surface area contributed by atoms with Gasteiger partial charge in [0.05, 0.1) is 0 Å². The summed E-state index contributed by atoms with van der Waals surface area (Å²) in [5, 5.41) is 6.27. The number of aromatic amines is 1. The lowest BCUT2D eigenvalue weighted by atomic mass is 10.2. The summed E-state index contributed by atoms with van der Waals surface area (Å²) in [6, 6.07) is 6.49. The molecule has 0 amide bonds. The zero-order valence-electron chi connectivity index (χ0n) is 11.7. The molecule has 1 aromatic heterocycles. The van der Waals surface area contributed by atoms with Crippen LogP contribution in [0, 0.1) is 12.7 Å². The molecular weight excluding hydrogens is 273 g/mol. The van der Waals surface area contributed by atoms with Gasteiger partial charge in [-0.05, 0) is 31.2 Å². The second-order valence-corrected chi connectivity index (χ2v) is 5.00. The second-order valence-electron chi connectivity index (χ2n) is 5.00. The van der Waals surface area contributed by atoms with E-state index in [1.54, 1.807) is 12.1 Å². The molecule has 0 spiro atoms. The van der Waals surface area contributed by atoms with Crippen LogP contribution in [-0.2, 0) is 0 Å². The summed E-state index contributed by atoms with van der Waals surface area (Å²) >= 11 is 0. The van der Waals surface area contributed by atoms with Crippen molar-refractivity contribution in [3.8, 4) is 0 Å². The fourth-order valence-corrected chi connectivity index (χ4v) is 2.51. The van der Waals surface area contributed by atoms with Gasteiger partial charge >= 0.3 is 5.69 Å². The molecule has 110 valence electrons. The number of H-pyrrole nitrogens is 1. The molecule has 1 fully saturated rings. The average molecular weight is 289 g/mol. The summed E-state index contributed by atoms with van der Waals surface area (Å²) in [6.07, 6.45) is 0. The summed E-state index contributed by atoms with van der Waals surface area (Å²) in [4.78, 5) is 19.5. The van der Waals surface area contributed by atoms with Gasteiger partial charge in [-0.3, -0.25) is 0 Å². The molecular formula is C14H16FN5O. The Labute approximate surface area is 121 Å². The summed E-state index contributed by atoms with van der Waals surface area (Å²) in [5.41, 5.74) is 1.28. The Hall–Kier alpha value is -2.44. The standard InChI is InChI=1S/C14H16FN5O/c1-10-13(16-14(21)18-17-10)20-8-6-19(7-9-20)12-4-2-11(15)3-5-12/h2-5H,6-9H2,1H3,(H,16,18,21). The van der Waals surface area contributed by atoms with Gasteiger partial charge in [-0.1, -0.05) is 0 Å². The average Bonchev–Trinajstić information content (AvgIpc) is 2.51. The van der Waals surface area contributed by atoms with Gasteiger partial charge in [-0.25, -0.2) is 14.3 Å². The third-order valence-electron chi connectivity index (χ3n) is 3.62. The van der Waals surface area contributed by atoms with Crippen LogP contribution in [0.3, 0.4) is 0 Å². The van der Waals surface area contributed by atoms with E-state index in [0.717, 1.165) is 31.9 Å². The molecule has 1 aliphatic heterocycles. The van der Waals surface area contributed by atoms with E-state index in [1.165, 1.54) is 12.1 Å². The Morgan fingerprint density at radius 3 is 2.38 bits per heavy atom. The van der Waals surface area contributed by atoms with Crippen molar-refractivity contribution in [2.45, 2.75) is 6.92 Å². The number of hydrogen-bond acceptors (Lipinski definition) is 5. The first kappa shape index (κ1) is 13.5. The minimum absolute atomic E-state index is 0.230. The van der Waals surface area contributed by atoms with Crippen LogP contribution < -0.4 is 15.5 Å². The van der Waals surface area contributed by atoms with Crippen molar-refractivity contribution in [1.82, 2.24) is 15.2 Å². The highest BCUT2D eigenvalue weighted by atomic mass is 19.1. The van der Waals surface area contributed by atoms with Crippen molar-refractivity contribution in [3.05, 3.63) is 46.3 Å². The number of nitrogens with one attached hydrogen (secondary N) is 1. The number of piperazine rings is 1. The molecule has 3 rings (SSSR count). The Morgan fingerprint density at radius 2 is 1.71 bits per heavy atom. The van der Waals surface area contributed by atoms with Gasteiger partial charge in [0, 0.05) is 31.9 Å². The number of aromatic nitrogens is 3. The van der Waals surface area contributed by atoms with Crippen LogP contribution in [0.2, 0.25) is 0 Å². The Kier molecular flexibility index (Phi) is 3.55. The molecule has 0 radical (unpaired) electrons. The maximum Gasteiger partial charge on any atom is 0.363 e. The molecule has 7 heteroatoms. The van der Waals surface area contributed by atoms with E-state index in [4.69, 9.17) is 0 Å². The number of hydrogen-bond donors (Lipinski definition) is 1. The molecule has 2 aromatic rings. The van der Waals surface area contributed by atoms with Crippen LogP contribution in [0.25, 0.3) is 0 Å². The third kappa shape index (κ3) is 2.86. The zero-order chi connectivity index (χ0) is 14.8. The van der Waals surface area contributed by atoms with Gasteiger partial charge in [0.25, 0.3) is 0 Å². The monoisotopic (exact) mass is 289 g/mol. The van der Waals surface area contributed by atoms with Crippen molar-refractivity contribution >= 4 is 11.5 Å². The Morgan fingerprint density at radius 1 is 1.10 bits per heavy atom. The number of nitrogens with zero attached hydrogens (tertiary/aromatic N) is 4. The first-order chi connectivity index (χ1) is 10.1. The second kappa shape index (κ2) is 5.51. The Balaban J connectivity index is 1.71.